The van der Waals surface area contributed by atoms with Crippen LogP contribution in [-0.4, -0.2) is 205 Å². The summed E-state index contributed by atoms with van der Waals surface area (Å²) in [5.74, 6) is -1.98. The largest absolute Gasteiger partial charge is 0.469 e. The normalized spacial score (nSPS) is 54.2. The number of fused-ring (bicyclic) bond motifs is 7. The van der Waals surface area contributed by atoms with E-state index in [0.717, 1.165) is 5.57 Å². The van der Waals surface area contributed by atoms with Crippen LogP contribution in [-0.2, 0) is 42.7 Å². The molecule has 0 spiro atoms. The molecule has 8 aliphatic rings. The third-order valence-electron chi connectivity index (χ3n) is 19.5. The van der Waals surface area contributed by atoms with E-state index >= 15 is 0 Å². The lowest BCUT2D eigenvalue weighted by Crippen LogP contribution is -2.70. The van der Waals surface area contributed by atoms with Crippen molar-refractivity contribution >= 4 is 11.9 Å². The number of rotatable bonds is 10. The van der Waals surface area contributed by atoms with E-state index in [9.17, 15) is 70.9 Å². The molecule has 0 aromatic carbocycles. The minimum Gasteiger partial charge on any atom is -0.469 e. The minimum atomic E-state index is -1.82. The monoisotopic (exact) mass is 988 g/mol. The van der Waals surface area contributed by atoms with Gasteiger partial charge in [0.15, 0.2) is 12.6 Å². The average molecular weight is 989 g/mol. The van der Waals surface area contributed by atoms with Gasteiger partial charge in [-0.05, 0) is 98.7 Å². The molecule has 8 rings (SSSR count). The Morgan fingerprint density at radius 3 is 1.96 bits per heavy atom. The van der Waals surface area contributed by atoms with Crippen LogP contribution in [0.4, 0.5) is 0 Å². The quantitative estimate of drug-likeness (QED) is 0.0632. The van der Waals surface area contributed by atoms with Gasteiger partial charge in [-0.3, -0.25) is 9.59 Å². The van der Waals surface area contributed by atoms with Crippen LogP contribution in [0.2, 0.25) is 0 Å². The summed E-state index contributed by atoms with van der Waals surface area (Å²) < 4.78 is 40.3. The van der Waals surface area contributed by atoms with Crippen molar-refractivity contribution in [3.8, 4) is 0 Å². The molecule has 21 nitrogen and oxygen atoms in total. The van der Waals surface area contributed by atoms with Crippen LogP contribution < -0.4 is 0 Å². The lowest BCUT2D eigenvalue weighted by Gasteiger charge is -2.71. The van der Waals surface area contributed by atoms with Gasteiger partial charge in [-0.25, -0.2) is 0 Å². The maximum Gasteiger partial charge on any atom is 0.315 e. The molecule has 0 unspecified atom stereocenters. The number of esters is 2. The van der Waals surface area contributed by atoms with E-state index in [4.69, 9.17) is 33.2 Å². The van der Waals surface area contributed by atoms with Crippen LogP contribution in [0.1, 0.15) is 92.4 Å². The first-order valence-electron chi connectivity index (χ1n) is 24.5. The molecular weight excluding hydrogens is 913 g/mol. The van der Waals surface area contributed by atoms with Crippen molar-refractivity contribution in [3.05, 3.63) is 11.6 Å². The van der Waals surface area contributed by atoms with Gasteiger partial charge in [-0.2, -0.15) is 0 Å². The Balaban J connectivity index is 1.06. The number of aliphatic hydroxyl groups is 12. The van der Waals surface area contributed by atoms with Crippen molar-refractivity contribution in [1.82, 2.24) is 0 Å². The van der Waals surface area contributed by atoms with Gasteiger partial charge < -0.3 is 94.4 Å². The zero-order valence-electron chi connectivity index (χ0n) is 40.3. The molecule has 21 heteroatoms. The van der Waals surface area contributed by atoms with Gasteiger partial charge in [0, 0.05) is 5.41 Å². The van der Waals surface area contributed by atoms with Gasteiger partial charge >= 0.3 is 11.9 Å². The van der Waals surface area contributed by atoms with Crippen LogP contribution >= 0.6 is 0 Å². The predicted molar refractivity (Wildman–Crippen MR) is 233 cm³/mol. The Labute approximate surface area is 401 Å². The highest BCUT2D eigenvalue weighted by molar-refractivity contribution is 5.81. The Hall–Kier alpha value is -2.00. The van der Waals surface area contributed by atoms with Crippen LogP contribution in [0.15, 0.2) is 11.6 Å². The maximum absolute atomic E-state index is 14.8. The lowest BCUT2D eigenvalue weighted by molar-refractivity contribution is -0.368. The molecule has 0 aromatic heterocycles. The highest BCUT2D eigenvalue weighted by Crippen LogP contribution is 2.76. The van der Waals surface area contributed by atoms with Crippen molar-refractivity contribution in [3.63, 3.8) is 0 Å². The van der Waals surface area contributed by atoms with Crippen molar-refractivity contribution in [2.24, 2.45) is 50.2 Å². The molecule has 69 heavy (non-hydrogen) atoms. The molecule has 0 radical (unpaired) electrons. The van der Waals surface area contributed by atoms with E-state index in [0.29, 0.717) is 38.5 Å². The smallest absolute Gasteiger partial charge is 0.315 e. The maximum atomic E-state index is 14.8. The molecule has 25 atom stereocenters. The van der Waals surface area contributed by atoms with Crippen molar-refractivity contribution in [2.75, 3.05) is 33.5 Å². The Morgan fingerprint density at radius 2 is 1.30 bits per heavy atom. The molecule has 394 valence electrons. The minimum absolute atomic E-state index is 0.0878. The van der Waals surface area contributed by atoms with Gasteiger partial charge in [-0.15, -0.1) is 0 Å². The molecule has 4 saturated carbocycles. The van der Waals surface area contributed by atoms with E-state index in [1.54, 1.807) is 0 Å². The summed E-state index contributed by atoms with van der Waals surface area (Å²) in [6, 6.07) is 0. The topological polar surface area (TPSA) is 342 Å². The number of aliphatic hydroxyl groups excluding tert-OH is 12. The molecule has 0 bridgehead atoms. The molecule has 0 amide bonds. The van der Waals surface area contributed by atoms with E-state index in [2.05, 4.69) is 26.8 Å². The molecule has 5 aliphatic carbocycles. The van der Waals surface area contributed by atoms with Gasteiger partial charge in [0.1, 0.15) is 67.1 Å². The Kier molecular flexibility index (Phi) is 14.7. The third kappa shape index (κ3) is 8.16. The first-order valence-corrected chi connectivity index (χ1v) is 24.5. The molecule has 12 N–H and O–H groups in total. The Morgan fingerprint density at radius 1 is 0.667 bits per heavy atom. The summed E-state index contributed by atoms with van der Waals surface area (Å²) in [4.78, 5) is 28.3. The van der Waals surface area contributed by atoms with E-state index in [1.807, 2.05) is 13.8 Å². The van der Waals surface area contributed by atoms with Crippen LogP contribution in [0.3, 0.4) is 0 Å². The summed E-state index contributed by atoms with van der Waals surface area (Å²) >= 11 is 0. The van der Waals surface area contributed by atoms with E-state index in [-0.39, 0.29) is 31.1 Å². The van der Waals surface area contributed by atoms with Crippen LogP contribution in [0.25, 0.3) is 0 Å². The number of carbonyl (C=O) groups excluding carboxylic acids is 2. The fourth-order valence-corrected chi connectivity index (χ4v) is 15.2. The third-order valence-corrected chi connectivity index (χ3v) is 19.5. The van der Waals surface area contributed by atoms with E-state index in [1.165, 1.54) is 7.11 Å². The summed E-state index contributed by atoms with van der Waals surface area (Å²) in [5, 5.41) is 129. The summed E-state index contributed by atoms with van der Waals surface area (Å²) in [6.07, 6.45) is -19.1. The van der Waals surface area contributed by atoms with Crippen LogP contribution in [0.5, 0.6) is 0 Å². The first-order chi connectivity index (χ1) is 32.4. The van der Waals surface area contributed by atoms with Gasteiger partial charge in [0.25, 0.3) is 0 Å². The number of carbonyl (C=O) groups is 2. The molecule has 7 fully saturated rings. The molecule has 3 heterocycles. The standard InChI is InChI=1S/C48H76O21/c1-43(41(61)63-6)11-13-48(42(62)69-40-34(59)31(56)30(55)25(17-49)65-40)14-12-46(4)21(22(48)15-43)7-8-28-44(2)16-23(52)37(45(3,20-51)27(44)9-10-47(28,46)5)68-39-35(60)32(57)36(26(18-50)66-39)67-38-33(58)29(54)24(53)19-64-38/h7,22-40,49-60H,8-20H2,1-6H3/t22-,23-,24+,25+,26+,27+,28+,29-,30+,31-,32+,33+,34+,35+,36+,37-,38-,39-,40-,43-,44-,45-,46+,47+,48-/m0/s1. The second kappa shape index (κ2) is 19.0. The molecular formula is C48H76O21. The predicted octanol–water partition coefficient (Wildman–Crippen LogP) is -2.12. The summed E-state index contributed by atoms with van der Waals surface area (Å²) in [6.45, 7) is 7.97. The second-order valence-electron chi connectivity index (χ2n) is 22.9. The number of hydrogen-bond donors (Lipinski definition) is 12. The number of methoxy groups -OCH3 is 1. The average Bonchev–Trinajstić information content (AvgIpc) is 3.32. The van der Waals surface area contributed by atoms with Crippen molar-refractivity contribution in [2.45, 2.75) is 191 Å². The highest BCUT2D eigenvalue weighted by atomic mass is 16.7. The van der Waals surface area contributed by atoms with Gasteiger partial charge in [0.05, 0.1) is 56.6 Å². The van der Waals surface area contributed by atoms with Crippen molar-refractivity contribution in [1.29, 1.82) is 0 Å². The summed E-state index contributed by atoms with van der Waals surface area (Å²) in [5.41, 5.74) is -3.94. The van der Waals surface area contributed by atoms with Gasteiger partial charge in [-0.1, -0.05) is 39.3 Å². The van der Waals surface area contributed by atoms with Crippen molar-refractivity contribution < 1.29 is 104 Å². The number of hydrogen-bond acceptors (Lipinski definition) is 21. The molecule has 0 aromatic rings. The molecule has 3 aliphatic heterocycles. The zero-order valence-corrected chi connectivity index (χ0v) is 40.3. The van der Waals surface area contributed by atoms with Gasteiger partial charge in [0.2, 0.25) is 6.29 Å². The summed E-state index contributed by atoms with van der Waals surface area (Å²) in [7, 11) is 1.33. The zero-order chi connectivity index (χ0) is 50.6. The molecule has 3 saturated heterocycles. The first kappa shape index (κ1) is 53.3. The fraction of sp³-hybridized carbons (Fsp3) is 0.917. The SMILES string of the molecule is COC(=O)[C@@]1(C)CC[C@]2(C(=O)O[C@@H]3O[C@H](CO)[C@@H](O)[C@H](O)[C@H]3O)CC[C@]3(C)C(=CC[C@@H]4[C@@]5(C)C[C@H](O)[C@H](O[C@@H]6O[C@H](CO)[C@@H](O[C@@H]7OC[C@@H](O)[C@H](O)[C@H]7O)[C@H](O)[C@H]6O)[C@@](C)(CO)[C@@H]5CC[C@]43C)[C@@H]2C1. The number of ether oxygens (including phenoxy) is 7. The van der Waals surface area contributed by atoms with E-state index < -0.39 is 175 Å². The lowest BCUT2D eigenvalue weighted by atomic mass is 9.33. The number of allylic oxidation sites excluding steroid dienone is 2. The highest BCUT2D eigenvalue weighted by Gasteiger charge is 2.72. The second-order valence-corrected chi connectivity index (χ2v) is 22.9. The fourth-order valence-electron chi connectivity index (χ4n) is 15.2. The Bertz CT molecular complexity index is 1920. The van der Waals surface area contributed by atoms with Crippen LogP contribution in [0, 0.1) is 50.2 Å².